The molecule has 6 nitrogen and oxygen atoms in total. The van der Waals surface area contributed by atoms with Gasteiger partial charge in [-0.3, -0.25) is 9.79 Å². The number of likely N-dealkylation sites (N-methyl/N-ethyl adjacent to an activating group) is 1. The van der Waals surface area contributed by atoms with Crippen molar-refractivity contribution >= 4 is 17.0 Å². The molecule has 0 saturated carbocycles. The second-order valence-electron chi connectivity index (χ2n) is 8.09. The van der Waals surface area contributed by atoms with Crippen molar-refractivity contribution in [2.24, 2.45) is 4.99 Å². The SMILES string of the molecule is COc1cc2c3c(n(CCN(C)C)c(=O)c2cc1OC)C1C=C(C(F)(F)F)C=CC1N=C3. The third-order valence-electron chi connectivity index (χ3n) is 5.85. The van der Waals surface area contributed by atoms with E-state index in [4.69, 9.17) is 9.47 Å². The summed E-state index contributed by atoms with van der Waals surface area (Å²) in [6.45, 7) is 0.875. The van der Waals surface area contributed by atoms with Crippen LogP contribution in [0.5, 0.6) is 11.5 Å². The zero-order valence-corrected chi connectivity index (χ0v) is 18.2. The lowest BCUT2D eigenvalue weighted by atomic mass is 9.83. The number of halogens is 3. The Morgan fingerprint density at radius 3 is 2.38 bits per heavy atom. The molecule has 0 amide bonds. The Kier molecular flexibility index (Phi) is 5.62. The van der Waals surface area contributed by atoms with E-state index in [1.165, 1.54) is 26.4 Å². The van der Waals surface area contributed by atoms with Gasteiger partial charge in [-0.25, -0.2) is 0 Å². The number of hydrogen-bond donors (Lipinski definition) is 0. The van der Waals surface area contributed by atoms with E-state index in [0.29, 0.717) is 46.6 Å². The molecule has 0 spiro atoms. The molecule has 0 fully saturated rings. The number of allylic oxidation sites excluding steroid dienone is 2. The number of ether oxygens (including phenoxy) is 2. The summed E-state index contributed by atoms with van der Waals surface area (Å²) in [6.07, 6.45) is 0.851. The van der Waals surface area contributed by atoms with Crippen molar-refractivity contribution in [1.82, 2.24) is 9.47 Å². The molecule has 1 aromatic carbocycles. The van der Waals surface area contributed by atoms with Crippen LogP contribution in [-0.2, 0) is 6.54 Å². The van der Waals surface area contributed by atoms with Crippen molar-refractivity contribution in [1.29, 1.82) is 0 Å². The van der Waals surface area contributed by atoms with E-state index >= 15 is 0 Å². The van der Waals surface area contributed by atoms with Crippen LogP contribution in [0.3, 0.4) is 0 Å². The highest BCUT2D eigenvalue weighted by Crippen LogP contribution is 2.41. The fourth-order valence-electron chi connectivity index (χ4n) is 4.24. The maximum absolute atomic E-state index is 13.6. The summed E-state index contributed by atoms with van der Waals surface area (Å²) in [5.41, 5.74) is 0.129. The maximum atomic E-state index is 13.6. The Morgan fingerprint density at radius 1 is 1.12 bits per heavy atom. The average Bonchev–Trinajstić information content (AvgIpc) is 2.76. The first kappa shape index (κ1) is 22.1. The highest BCUT2D eigenvalue weighted by Gasteiger charge is 2.38. The number of hydrogen-bond acceptors (Lipinski definition) is 5. The van der Waals surface area contributed by atoms with Gasteiger partial charge in [-0.15, -0.1) is 0 Å². The maximum Gasteiger partial charge on any atom is 0.416 e. The number of aliphatic imine (C=N–C) groups is 1. The topological polar surface area (TPSA) is 56.1 Å². The third-order valence-corrected chi connectivity index (χ3v) is 5.85. The number of nitrogens with zero attached hydrogens (tertiary/aromatic N) is 3. The lowest BCUT2D eigenvalue weighted by molar-refractivity contribution is -0.0887. The van der Waals surface area contributed by atoms with Crippen molar-refractivity contribution in [3.8, 4) is 11.5 Å². The molecule has 0 N–H and O–H groups in total. The fraction of sp³-hybridized carbons (Fsp3) is 0.391. The summed E-state index contributed by atoms with van der Waals surface area (Å²) in [4.78, 5) is 20.0. The van der Waals surface area contributed by atoms with Crippen LogP contribution in [0.2, 0.25) is 0 Å². The van der Waals surface area contributed by atoms with Crippen LogP contribution in [0.1, 0.15) is 17.2 Å². The van der Waals surface area contributed by atoms with E-state index in [1.54, 1.807) is 22.9 Å². The number of methoxy groups -OCH3 is 2. The minimum Gasteiger partial charge on any atom is -0.493 e. The minimum absolute atomic E-state index is 0.285. The van der Waals surface area contributed by atoms with Gasteiger partial charge in [-0.05, 0) is 26.2 Å². The van der Waals surface area contributed by atoms with Crippen LogP contribution in [0.4, 0.5) is 13.2 Å². The molecule has 2 aromatic rings. The van der Waals surface area contributed by atoms with Crippen molar-refractivity contribution in [3.63, 3.8) is 0 Å². The zero-order chi connectivity index (χ0) is 23.2. The number of aromatic nitrogens is 1. The standard InChI is InChI=1S/C23H24F3N3O3/c1-28(2)7-8-29-21-16-9-13(23(24,25)26)5-6-18(16)27-12-17(21)14-10-19(31-3)20(32-4)11-15(14)22(29)30/h5-6,9-12,16,18H,7-8H2,1-4H3. The van der Waals surface area contributed by atoms with Gasteiger partial charge in [0, 0.05) is 41.9 Å². The Morgan fingerprint density at radius 2 is 1.78 bits per heavy atom. The molecular weight excluding hydrogens is 423 g/mol. The molecule has 32 heavy (non-hydrogen) atoms. The van der Waals surface area contributed by atoms with Gasteiger partial charge in [-0.2, -0.15) is 13.2 Å². The van der Waals surface area contributed by atoms with Crippen molar-refractivity contribution in [3.05, 3.63) is 57.5 Å². The lowest BCUT2D eigenvalue weighted by Crippen LogP contribution is -2.35. The second kappa shape index (κ2) is 8.12. The monoisotopic (exact) mass is 447 g/mol. The quantitative estimate of drug-likeness (QED) is 0.704. The molecule has 170 valence electrons. The molecule has 0 saturated heterocycles. The van der Waals surface area contributed by atoms with E-state index in [9.17, 15) is 18.0 Å². The van der Waals surface area contributed by atoms with Crippen LogP contribution in [0, 0.1) is 0 Å². The lowest BCUT2D eigenvalue weighted by Gasteiger charge is -2.32. The summed E-state index contributed by atoms with van der Waals surface area (Å²) < 4.78 is 52.8. The van der Waals surface area contributed by atoms with Gasteiger partial charge in [0.2, 0.25) is 0 Å². The molecule has 1 aliphatic carbocycles. The molecule has 2 unspecified atom stereocenters. The van der Waals surface area contributed by atoms with Crippen LogP contribution < -0.4 is 15.0 Å². The predicted octanol–water partition coefficient (Wildman–Crippen LogP) is 3.52. The normalized spacial score (nSPS) is 19.7. The molecule has 9 heteroatoms. The number of fused-ring (bicyclic) bond motifs is 5. The summed E-state index contributed by atoms with van der Waals surface area (Å²) in [7, 11) is 6.72. The summed E-state index contributed by atoms with van der Waals surface area (Å²) in [6, 6.07) is 2.79. The highest BCUT2D eigenvalue weighted by molar-refractivity contribution is 6.02. The van der Waals surface area contributed by atoms with E-state index in [2.05, 4.69) is 4.99 Å². The number of benzene rings is 1. The van der Waals surface area contributed by atoms with Crippen molar-refractivity contribution in [2.75, 3.05) is 34.9 Å². The van der Waals surface area contributed by atoms with Gasteiger partial charge < -0.3 is 18.9 Å². The van der Waals surface area contributed by atoms with Crippen LogP contribution in [0.25, 0.3) is 10.8 Å². The molecule has 2 aliphatic rings. The molecule has 0 radical (unpaired) electrons. The first-order chi connectivity index (χ1) is 15.2. The van der Waals surface area contributed by atoms with Crippen molar-refractivity contribution < 1.29 is 22.6 Å². The summed E-state index contributed by atoms with van der Waals surface area (Å²) in [5.74, 6) is 0.129. The Labute approximate surface area is 183 Å². The fourth-order valence-corrected chi connectivity index (χ4v) is 4.24. The van der Waals surface area contributed by atoms with Crippen LogP contribution >= 0.6 is 0 Å². The zero-order valence-electron chi connectivity index (χ0n) is 18.2. The molecular formula is C23H24F3N3O3. The smallest absolute Gasteiger partial charge is 0.416 e. The minimum atomic E-state index is -4.48. The molecule has 2 heterocycles. The Balaban J connectivity index is 2.04. The molecule has 1 aliphatic heterocycles. The predicted molar refractivity (Wildman–Crippen MR) is 117 cm³/mol. The molecule has 4 rings (SSSR count). The van der Waals surface area contributed by atoms with Crippen LogP contribution in [0.15, 0.2) is 45.7 Å². The number of pyridine rings is 1. The van der Waals surface area contributed by atoms with Gasteiger partial charge in [0.15, 0.2) is 11.5 Å². The Bertz CT molecular complexity index is 1210. The van der Waals surface area contributed by atoms with Gasteiger partial charge >= 0.3 is 6.18 Å². The highest BCUT2D eigenvalue weighted by atomic mass is 19.4. The number of alkyl halides is 3. The van der Waals surface area contributed by atoms with Gasteiger partial charge in [0.1, 0.15) is 0 Å². The number of rotatable bonds is 5. The summed E-state index contributed by atoms with van der Waals surface area (Å²) in [5, 5.41) is 0.971. The average molecular weight is 447 g/mol. The van der Waals surface area contributed by atoms with E-state index in [-0.39, 0.29) is 5.56 Å². The second-order valence-corrected chi connectivity index (χ2v) is 8.09. The third kappa shape index (κ3) is 3.70. The molecule has 2 atom stereocenters. The van der Waals surface area contributed by atoms with E-state index in [1.807, 2.05) is 19.0 Å². The molecule has 1 aromatic heterocycles. The Hall–Kier alpha value is -3.07. The first-order valence-electron chi connectivity index (χ1n) is 10.1. The largest absolute Gasteiger partial charge is 0.493 e. The van der Waals surface area contributed by atoms with Crippen LogP contribution in [-0.4, -0.2) is 62.8 Å². The van der Waals surface area contributed by atoms with Crippen molar-refractivity contribution in [2.45, 2.75) is 24.7 Å². The first-order valence-corrected chi connectivity index (χ1v) is 10.1. The summed E-state index contributed by atoms with van der Waals surface area (Å²) >= 11 is 0. The molecule has 0 bridgehead atoms. The van der Waals surface area contributed by atoms with E-state index in [0.717, 1.165) is 6.08 Å². The van der Waals surface area contributed by atoms with Gasteiger partial charge in [0.25, 0.3) is 5.56 Å². The van der Waals surface area contributed by atoms with Gasteiger partial charge in [0.05, 0.1) is 31.2 Å². The van der Waals surface area contributed by atoms with Gasteiger partial charge in [-0.1, -0.05) is 18.2 Å². The van der Waals surface area contributed by atoms with E-state index < -0.39 is 23.7 Å².